The molecule has 0 unspecified atom stereocenters. The van der Waals surface area contributed by atoms with Crippen LogP contribution in [0.4, 0.5) is 0 Å². The lowest BCUT2D eigenvalue weighted by atomic mass is 9.95. The van der Waals surface area contributed by atoms with Crippen LogP contribution in [0.25, 0.3) is 0 Å². The van der Waals surface area contributed by atoms with Crippen LogP contribution in [0, 0.1) is 0 Å². The first kappa shape index (κ1) is 13.7. The predicted molar refractivity (Wildman–Crippen MR) is 73.5 cm³/mol. The van der Waals surface area contributed by atoms with Crippen molar-refractivity contribution in [2.75, 3.05) is 13.7 Å². The quantitative estimate of drug-likeness (QED) is 0.888. The van der Waals surface area contributed by atoms with Gasteiger partial charge in [0, 0.05) is 6.04 Å². The second kappa shape index (κ2) is 7.02. The highest BCUT2D eigenvalue weighted by molar-refractivity contribution is 5.77. The molecule has 0 bridgehead atoms. The Morgan fingerprint density at radius 2 is 1.89 bits per heavy atom. The minimum Gasteiger partial charge on any atom is -0.493 e. The molecule has 0 radical (unpaired) electrons. The van der Waals surface area contributed by atoms with Gasteiger partial charge in [-0.1, -0.05) is 31.4 Å². The third-order valence-corrected chi connectivity index (χ3v) is 3.40. The van der Waals surface area contributed by atoms with Gasteiger partial charge < -0.3 is 14.8 Å². The molecular formula is C15H21NO3. The molecule has 1 aromatic carbocycles. The number of nitrogens with one attached hydrogen (secondary N) is 1. The van der Waals surface area contributed by atoms with Gasteiger partial charge in [-0.25, -0.2) is 0 Å². The summed E-state index contributed by atoms with van der Waals surface area (Å²) < 4.78 is 10.7. The highest BCUT2D eigenvalue weighted by Gasteiger charge is 2.16. The molecule has 2 rings (SSSR count). The Bertz CT molecular complexity index is 414. The van der Waals surface area contributed by atoms with E-state index >= 15 is 0 Å². The van der Waals surface area contributed by atoms with Crippen LogP contribution < -0.4 is 14.8 Å². The number of carbonyl (C=O) groups is 1. The summed E-state index contributed by atoms with van der Waals surface area (Å²) >= 11 is 0. The molecule has 0 aliphatic heterocycles. The van der Waals surface area contributed by atoms with Crippen molar-refractivity contribution < 1.29 is 14.3 Å². The number of rotatable bonds is 5. The Morgan fingerprint density at radius 1 is 1.21 bits per heavy atom. The van der Waals surface area contributed by atoms with Gasteiger partial charge in [0.25, 0.3) is 5.91 Å². The van der Waals surface area contributed by atoms with Crippen LogP contribution in [0.2, 0.25) is 0 Å². The summed E-state index contributed by atoms with van der Waals surface area (Å²) in [6.07, 6.45) is 5.86. The van der Waals surface area contributed by atoms with Crippen molar-refractivity contribution in [2.24, 2.45) is 0 Å². The number of hydrogen-bond donors (Lipinski definition) is 1. The minimum absolute atomic E-state index is 0.0386. The third-order valence-electron chi connectivity index (χ3n) is 3.40. The van der Waals surface area contributed by atoms with E-state index in [9.17, 15) is 4.79 Å². The lowest BCUT2D eigenvalue weighted by Gasteiger charge is -2.22. The number of amides is 1. The van der Waals surface area contributed by atoms with E-state index in [1.807, 2.05) is 18.2 Å². The van der Waals surface area contributed by atoms with Crippen molar-refractivity contribution in [1.29, 1.82) is 0 Å². The van der Waals surface area contributed by atoms with Crippen LogP contribution in [-0.4, -0.2) is 25.7 Å². The van der Waals surface area contributed by atoms with Crippen LogP contribution in [0.15, 0.2) is 24.3 Å². The Balaban J connectivity index is 1.79. The van der Waals surface area contributed by atoms with E-state index in [2.05, 4.69) is 5.32 Å². The fourth-order valence-electron chi connectivity index (χ4n) is 2.40. The van der Waals surface area contributed by atoms with Gasteiger partial charge in [-0.15, -0.1) is 0 Å². The number of para-hydroxylation sites is 2. The van der Waals surface area contributed by atoms with Gasteiger partial charge in [0.1, 0.15) is 0 Å². The van der Waals surface area contributed by atoms with Crippen molar-refractivity contribution in [1.82, 2.24) is 5.32 Å². The Kier molecular flexibility index (Phi) is 5.07. The number of carbonyl (C=O) groups excluding carboxylic acids is 1. The van der Waals surface area contributed by atoms with Crippen molar-refractivity contribution in [2.45, 2.75) is 38.1 Å². The molecule has 0 aromatic heterocycles. The zero-order chi connectivity index (χ0) is 13.5. The molecule has 1 saturated carbocycles. The smallest absolute Gasteiger partial charge is 0.258 e. The molecular weight excluding hydrogens is 242 g/mol. The van der Waals surface area contributed by atoms with Crippen molar-refractivity contribution in [3.63, 3.8) is 0 Å². The van der Waals surface area contributed by atoms with Crippen LogP contribution in [-0.2, 0) is 4.79 Å². The first-order valence-corrected chi connectivity index (χ1v) is 6.85. The molecule has 4 nitrogen and oxygen atoms in total. The van der Waals surface area contributed by atoms with Gasteiger partial charge in [0.05, 0.1) is 7.11 Å². The van der Waals surface area contributed by atoms with E-state index in [4.69, 9.17) is 9.47 Å². The van der Waals surface area contributed by atoms with E-state index < -0.39 is 0 Å². The SMILES string of the molecule is COc1ccccc1OCC(=O)NC1CCCCC1. The summed E-state index contributed by atoms with van der Waals surface area (Å²) in [6.45, 7) is 0.0386. The zero-order valence-corrected chi connectivity index (χ0v) is 11.4. The minimum atomic E-state index is -0.0576. The van der Waals surface area contributed by atoms with Gasteiger partial charge in [-0.3, -0.25) is 4.79 Å². The lowest BCUT2D eigenvalue weighted by molar-refractivity contribution is -0.124. The molecule has 104 valence electrons. The predicted octanol–water partition coefficient (Wildman–Crippen LogP) is 2.52. The summed E-state index contributed by atoms with van der Waals surface area (Å²) in [7, 11) is 1.59. The van der Waals surface area contributed by atoms with Gasteiger partial charge in [-0.05, 0) is 25.0 Å². The molecule has 1 N–H and O–H groups in total. The summed E-state index contributed by atoms with van der Waals surface area (Å²) in [5.41, 5.74) is 0. The standard InChI is InChI=1S/C15H21NO3/c1-18-13-9-5-6-10-14(13)19-11-15(17)16-12-7-3-2-4-8-12/h5-6,9-10,12H,2-4,7-8,11H2,1H3,(H,16,17). The van der Waals surface area contributed by atoms with Crippen LogP contribution in [0.1, 0.15) is 32.1 Å². The molecule has 19 heavy (non-hydrogen) atoms. The Labute approximate surface area is 114 Å². The summed E-state index contributed by atoms with van der Waals surface area (Å²) in [6, 6.07) is 7.66. The lowest BCUT2D eigenvalue weighted by Crippen LogP contribution is -2.38. The van der Waals surface area contributed by atoms with E-state index in [-0.39, 0.29) is 12.5 Å². The van der Waals surface area contributed by atoms with Crippen LogP contribution in [0.5, 0.6) is 11.5 Å². The molecule has 0 saturated heterocycles. The van der Waals surface area contributed by atoms with Gasteiger partial charge in [-0.2, -0.15) is 0 Å². The topological polar surface area (TPSA) is 47.6 Å². The highest BCUT2D eigenvalue weighted by Crippen LogP contribution is 2.25. The van der Waals surface area contributed by atoms with E-state index in [0.29, 0.717) is 17.5 Å². The molecule has 1 aliphatic rings. The normalized spacial score (nSPS) is 15.8. The van der Waals surface area contributed by atoms with Gasteiger partial charge >= 0.3 is 0 Å². The average molecular weight is 263 g/mol. The van der Waals surface area contributed by atoms with E-state index in [1.165, 1.54) is 19.3 Å². The fraction of sp³-hybridized carbons (Fsp3) is 0.533. The maximum Gasteiger partial charge on any atom is 0.258 e. The second-order valence-electron chi connectivity index (χ2n) is 4.84. The molecule has 0 heterocycles. The van der Waals surface area contributed by atoms with Crippen molar-refractivity contribution in [3.05, 3.63) is 24.3 Å². The Hall–Kier alpha value is -1.71. The summed E-state index contributed by atoms with van der Waals surface area (Å²) in [5.74, 6) is 1.19. The van der Waals surface area contributed by atoms with Gasteiger partial charge in [0.2, 0.25) is 0 Å². The van der Waals surface area contributed by atoms with Gasteiger partial charge in [0.15, 0.2) is 18.1 Å². The molecule has 1 fully saturated rings. The number of methoxy groups -OCH3 is 1. The molecule has 1 aliphatic carbocycles. The van der Waals surface area contributed by atoms with Crippen molar-refractivity contribution in [3.8, 4) is 11.5 Å². The first-order chi connectivity index (χ1) is 9.29. The zero-order valence-electron chi connectivity index (χ0n) is 11.4. The molecule has 0 atom stereocenters. The van der Waals surface area contributed by atoms with E-state index in [1.54, 1.807) is 13.2 Å². The summed E-state index contributed by atoms with van der Waals surface area (Å²) in [4.78, 5) is 11.8. The van der Waals surface area contributed by atoms with Crippen LogP contribution >= 0.6 is 0 Å². The Morgan fingerprint density at radius 3 is 2.58 bits per heavy atom. The first-order valence-electron chi connectivity index (χ1n) is 6.85. The molecule has 1 aromatic rings. The summed E-state index contributed by atoms with van der Waals surface area (Å²) in [5, 5.41) is 3.02. The van der Waals surface area contributed by atoms with E-state index in [0.717, 1.165) is 12.8 Å². The number of hydrogen-bond acceptors (Lipinski definition) is 3. The maximum atomic E-state index is 11.8. The largest absolute Gasteiger partial charge is 0.493 e. The third kappa shape index (κ3) is 4.16. The van der Waals surface area contributed by atoms with Crippen LogP contribution in [0.3, 0.4) is 0 Å². The van der Waals surface area contributed by atoms with Crippen molar-refractivity contribution >= 4 is 5.91 Å². The second-order valence-corrected chi connectivity index (χ2v) is 4.84. The number of ether oxygens (including phenoxy) is 2. The molecule has 1 amide bonds. The monoisotopic (exact) mass is 263 g/mol. The number of benzene rings is 1. The average Bonchev–Trinajstić information content (AvgIpc) is 2.46. The maximum absolute atomic E-state index is 11.8. The highest BCUT2D eigenvalue weighted by atomic mass is 16.5. The fourth-order valence-corrected chi connectivity index (χ4v) is 2.40. The molecule has 0 spiro atoms. The molecule has 4 heteroatoms.